The molecule has 0 aliphatic carbocycles. The van der Waals surface area contributed by atoms with Crippen molar-refractivity contribution in [3.63, 3.8) is 0 Å². The average molecular weight is 312 g/mol. The molecule has 2 heterocycles. The topological polar surface area (TPSA) is 46.8 Å². The number of nitrogens with zero attached hydrogens (tertiary/aromatic N) is 2. The first-order valence-corrected chi connectivity index (χ1v) is 6.77. The van der Waals surface area contributed by atoms with Gasteiger partial charge in [0.05, 0.1) is 22.3 Å². The van der Waals surface area contributed by atoms with Crippen molar-refractivity contribution in [2.24, 2.45) is 0 Å². The number of aryl methyl sites for hydroxylation is 1. The molecule has 0 saturated carbocycles. The SMILES string of the molecule is Cc1cnc(C(C)n2c(=S)[nH]c3cc(Cl)c(F)cc32)o1. The van der Waals surface area contributed by atoms with Gasteiger partial charge in [0, 0.05) is 6.07 Å². The molecule has 0 saturated heterocycles. The second kappa shape index (κ2) is 4.71. The summed E-state index contributed by atoms with van der Waals surface area (Å²) in [5, 5.41) is 0.0560. The molecule has 0 radical (unpaired) electrons. The van der Waals surface area contributed by atoms with Gasteiger partial charge in [-0.3, -0.25) is 0 Å². The lowest BCUT2D eigenvalue weighted by Crippen LogP contribution is -2.07. The maximum absolute atomic E-state index is 13.7. The van der Waals surface area contributed by atoms with Gasteiger partial charge < -0.3 is 14.0 Å². The molecule has 0 bridgehead atoms. The van der Waals surface area contributed by atoms with Crippen molar-refractivity contribution in [1.29, 1.82) is 0 Å². The Bertz CT molecular complexity index is 851. The van der Waals surface area contributed by atoms with Crippen molar-refractivity contribution in [1.82, 2.24) is 14.5 Å². The monoisotopic (exact) mass is 311 g/mol. The van der Waals surface area contributed by atoms with E-state index in [0.717, 1.165) is 0 Å². The van der Waals surface area contributed by atoms with Crippen molar-refractivity contribution in [2.45, 2.75) is 19.9 Å². The van der Waals surface area contributed by atoms with Crippen LogP contribution in [0.3, 0.4) is 0 Å². The van der Waals surface area contributed by atoms with Crippen LogP contribution in [0.2, 0.25) is 5.02 Å². The summed E-state index contributed by atoms with van der Waals surface area (Å²) in [4.78, 5) is 7.20. The predicted octanol–water partition coefficient (Wildman–Crippen LogP) is 4.40. The average Bonchev–Trinajstić information content (AvgIpc) is 2.93. The first-order valence-electron chi connectivity index (χ1n) is 5.99. The molecule has 4 nitrogen and oxygen atoms in total. The number of H-pyrrole nitrogens is 1. The van der Waals surface area contributed by atoms with Gasteiger partial charge in [-0.1, -0.05) is 11.6 Å². The number of imidazole rings is 1. The summed E-state index contributed by atoms with van der Waals surface area (Å²) >= 11 is 11.1. The predicted molar refractivity (Wildman–Crippen MR) is 77.1 cm³/mol. The van der Waals surface area contributed by atoms with Crippen molar-refractivity contribution in [3.05, 3.63) is 45.6 Å². The highest BCUT2D eigenvalue weighted by molar-refractivity contribution is 7.71. The molecule has 1 N–H and O–H groups in total. The van der Waals surface area contributed by atoms with Crippen molar-refractivity contribution >= 4 is 34.9 Å². The fraction of sp³-hybridized carbons (Fsp3) is 0.231. The summed E-state index contributed by atoms with van der Waals surface area (Å²) in [6, 6.07) is 2.63. The van der Waals surface area contributed by atoms with E-state index >= 15 is 0 Å². The summed E-state index contributed by atoms with van der Waals surface area (Å²) in [5.41, 5.74) is 1.30. The molecule has 7 heteroatoms. The third-order valence-corrected chi connectivity index (χ3v) is 3.73. The zero-order chi connectivity index (χ0) is 14.4. The van der Waals surface area contributed by atoms with Crippen LogP contribution in [0.25, 0.3) is 11.0 Å². The van der Waals surface area contributed by atoms with Crippen LogP contribution in [0.1, 0.15) is 24.6 Å². The summed E-state index contributed by atoms with van der Waals surface area (Å²) in [5.74, 6) is 0.750. The third kappa shape index (κ3) is 2.05. The second-order valence-electron chi connectivity index (χ2n) is 4.57. The van der Waals surface area contributed by atoms with Crippen molar-refractivity contribution in [3.8, 4) is 0 Å². The van der Waals surface area contributed by atoms with E-state index in [0.29, 0.717) is 27.5 Å². The highest BCUT2D eigenvalue weighted by atomic mass is 35.5. The van der Waals surface area contributed by atoms with Crippen LogP contribution in [-0.2, 0) is 0 Å². The Hall–Kier alpha value is -1.66. The molecule has 3 aromatic rings. The van der Waals surface area contributed by atoms with Crippen LogP contribution >= 0.6 is 23.8 Å². The number of aromatic amines is 1. The lowest BCUT2D eigenvalue weighted by atomic mass is 10.2. The third-order valence-electron chi connectivity index (χ3n) is 3.14. The maximum Gasteiger partial charge on any atom is 0.217 e. The van der Waals surface area contributed by atoms with E-state index in [9.17, 15) is 4.39 Å². The number of hydrogen-bond acceptors (Lipinski definition) is 3. The second-order valence-corrected chi connectivity index (χ2v) is 5.36. The number of nitrogens with one attached hydrogen (secondary N) is 1. The van der Waals surface area contributed by atoms with Gasteiger partial charge in [0.15, 0.2) is 4.77 Å². The Balaban J connectivity index is 2.23. The number of halogens is 2. The van der Waals surface area contributed by atoms with Gasteiger partial charge in [-0.05, 0) is 32.1 Å². The number of oxazole rings is 1. The molecule has 0 amide bonds. The molecule has 0 aliphatic rings. The molecular formula is C13H11ClFN3OS. The molecular weight excluding hydrogens is 301 g/mol. The Kier molecular flexibility index (Phi) is 3.14. The van der Waals surface area contributed by atoms with E-state index in [1.54, 1.807) is 10.8 Å². The van der Waals surface area contributed by atoms with Crippen LogP contribution in [0.4, 0.5) is 4.39 Å². The van der Waals surface area contributed by atoms with E-state index in [1.807, 2.05) is 13.8 Å². The minimum absolute atomic E-state index is 0.0560. The van der Waals surface area contributed by atoms with E-state index in [1.165, 1.54) is 12.1 Å². The zero-order valence-electron chi connectivity index (χ0n) is 10.8. The van der Waals surface area contributed by atoms with Gasteiger partial charge in [0.1, 0.15) is 17.6 Å². The summed E-state index contributed by atoms with van der Waals surface area (Å²) in [7, 11) is 0. The molecule has 104 valence electrons. The van der Waals surface area contributed by atoms with E-state index in [2.05, 4.69) is 9.97 Å². The fourth-order valence-electron chi connectivity index (χ4n) is 2.18. The van der Waals surface area contributed by atoms with Crippen molar-refractivity contribution in [2.75, 3.05) is 0 Å². The molecule has 2 aromatic heterocycles. The summed E-state index contributed by atoms with van der Waals surface area (Å²) in [6.45, 7) is 3.71. The Morgan fingerprint density at radius 2 is 2.25 bits per heavy atom. The van der Waals surface area contributed by atoms with Crippen molar-refractivity contribution < 1.29 is 8.81 Å². The molecule has 1 atom stereocenters. The van der Waals surface area contributed by atoms with Crippen LogP contribution in [0.5, 0.6) is 0 Å². The maximum atomic E-state index is 13.7. The standard InChI is InChI=1S/C13H11ClFN3OS/c1-6-5-16-12(19-6)7(2)18-11-4-9(15)8(14)3-10(11)17-13(18)20/h3-5,7H,1-2H3,(H,17,20). The molecule has 0 aliphatic heterocycles. The molecule has 1 aromatic carbocycles. The number of benzene rings is 1. The zero-order valence-corrected chi connectivity index (χ0v) is 12.3. The van der Waals surface area contributed by atoms with Crippen LogP contribution in [0.15, 0.2) is 22.7 Å². The number of aromatic nitrogens is 3. The minimum Gasteiger partial charge on any atom is -0.444 e. The highest BCUT2D eigenvalue weighted by Crippen LogP contribution is 2.27. The van der Waals surface area contributed by atoms with Gasteiger partial charge in [-0.15, -0.1) is 0 Å². The number of rotatable bonds is 2. The van der Waals surface area contributed by atoms with E-state index in [4.69, 9.17) is 28.2 Å². The number of fused-ring (bicyclic) bond motifs is 1. The largest absolute Gasteiger partial charge is 0.444 e. The molecule has 1 unspecified atom stereocenters. The van der Waals surface area contributed by atoms with Crippen LogP contribution in [0, 0.1) is 17.5 Å². The number of hydrogen-bond donors (Lipinski definition) is 1. The molecule has 3 rings (SSSR count). The smallest absolute Gasteiger partial charge is 0.217 e. The van der Waals surface area contributed by atoms with E-state index < -0.39 is 5.82 Å². The van der Waals surface area contributed by atoms with Gasteiger partial charge >= 0.3 is 0 Å². The lowest BCUT2D eigenvalue weighted by Gasteiger charge is -2.11. The fourth-order valence-corrected chi connectivity index (χ4v) is 2.71. The Morgan fingerprint density at radius 3 is 2.90 bits per heavy atom. The lowest BCUT2D eigenvalue weighted by molar-refractivity contribution is 0.417. The van der Waals surface area contributed by atoms with E-state index in [-0.39, 0.29) is 11.1 Å². The quantitative estimate of drug-likeness (QED) is 0.714. The van der Waals surface area contributed by atoms with Gasteiger partial charge in [0.2, 0.25) is 5.89 Å². The summed E-state index contributed by atoms with van der Waals surface area (Å²) in [6.07, 6.45) is 1.64. The van der Waals surface area contributed by atoms with Gasteiger partial charge in [-0.25, -0.2) is 9.37 Å². The molecule has 0 spiro atoms. The minimum atomic E-state index is -0.488. The summed E-state index contributed by atoms with van der Waals surface area (Å²) < 4.78 is 21.4. The van der Waals surface area contributed by atoms with Crippen LogP contribution < -0.4 is 0 Å². The van der Waals surface area contributed by atoms with Crippen LogP contribution in [-0.4, -0.2) is 14.5 Å². The first-order chi connectivity index (χ1) is 9.47. The normalized spacial score (nSPS) is 13.0. The Morgan fingerprint density at radius 1 is 1.50 bits per heavy atom. The molecule has 0 fully saturated rings. The van der Waals surface area contributed by atoms with Gasteiger partial charge in [-0.2, -0.15) is 0 Å². The van der Waals surface area contributed by atoms with Gasteiger partial charge in [0.25, 0.3) is 0 Å². The molecule has 20 heavy (non-hydrogen) atoms. The highest BCUT2D eigenvalue weighted by Gasteiger charge is 2.18. The Labute approximate surface area is 124 Å². The first kappa shape index (κ1) is 13.3.